The van der Waals surface area contributed by atoms with E-state index in [1.807, 2.05) is 0 Å². The average molecular weight is 239 g/mol. The first-order chi connectivity index (χ1) is 7.93. The number of benzene rings is 1. The van der Waals surface area contributed by atoms with Crippen molar-refractivity contribution in [3.8, 4) is 17.2 Å². The van der Waals surface area contributed by atoms with Crippen molar-refractivity contribution in [1.29, 1.82) is 0 Å². The molecule has 0 aliphatic heterocycles. The minimum Gasteiger partial charge on any atom is -0.504 e. The highest BCUT2D eigenvalue weighted by atomic mass is 16.3. The largest absolute Gasteiger partial charge is 0.504 e. The Hall–Kier alpha value is -1.92. The molecule has 17 heavy (non-hydrogen) atoms. The van der Waals surface area contributed by atoms with Crippen LogP contribution >= 0.6 is 0 Å². The fourth-order valence-electron chi connectivity index (χ4n) is 1.12. The molecule has 7 N–H and O–H groups in total. The maximum absolute atomic E-state index is 9.53. The van der Waals surface area contributed by atoms with E-state index < -0.39 is 5.75 Å². The maximum Gasteiger partial charge on any atom is 0.200 e. The highest BCUT2D eigenvalue weighted by Crippen LogP contribution is 2.36. The van der Waals surface area contributed by atoms with Crippen molar-refractivity contribution in [2.45, 2.75) is 19.5 Å². The number of phenols is 3. The lowest BCUT2D eigenvalue weighted by atomic mass is 10.2. The van der Waals surface area contributed by atoms with Crippen LogP contribution in [0.2, 0.25) is 0 Å². The van der Waals surface area contributed by atoms with E-state index >= 15 is 0 Å². The van der Waals surface area contributed by atoms with Gasteiger partial charge in [0, 0.05) is 23.8 Å². The fraction of sp³-hybridized carbons (Fsp3) is 0.273. The zero-order valence-electron chi connectivity index (χ0n) is 9.57. The SMILES string of the molecule is C=C(NNCc1ccc(O)c(O)c1O)C(C)N. The summed E-state index contributed by atoms with van der Waals surface area (Å²) in [7, 11) is 0. The molecule has 1 unspecified atom stereocenters. The molecule has 0 heterocycles. The van der Waals surface area contributed by atoms with Gasteiger partial charge in [-0.1, -0.05) is 12.6 Å². The lowest BCUT2D eigenvalue weighted by Crippen LogP contribution is -2.37. The fourth-order valence-corrected chi connectivity index (χ4v) is 1.12. The summed E-state index contributed by atoms with van der Waals surface area (Å²) in [6, 6.07) is 2.59. The first-order valence-corrected chi connectivity index (χ1v) is 5.09. The van der Waals surface area contributed by atoms with Gasteiger partial charge in [-0.05, 0) is 13.0 Å². The highest BCUT2D eigenvalue weighted by molar-refractivity contribution is 5.52. The quantitative estimate of drug-likeness (QED) is 0.325. The maximum atomic E-state index is 9.53. The number of phenolic OH excluding ortho intramolecular Hbond substituents is 3. The van der Waals surface area contributed by atoms with E-state index in [0.717, 1.165) is 0 Å². The van der Waals surface area contributed by atoms with Crippen LogP contribution in [0.25, 0.3) is 0 Å². The van der Waals surface area contributed by atoms with Crippen molar-refractivity contribution in [2.75, 3.05) is 0 Å². The zero-order chi connectivity index (χ0) is 13.0. The molecule has 1 aromatic rings. The van der Waals surface area contributed by atoms with Crippen LogP contribution in [0.4, 0.5) is 0 Å². The first kappa shape index (κ1) is 13.1. The van der Waals surface area contributed by atoms with E-state index in [1.54, 1.807) is 6.92 Å². The lowest BCUT2D eigenvalue weighted by molar-refractivity contribution is 0.363. The summed E-state index contributed by atoms with van der Waals surface area (Å²) < 4.78 is 0. The van der Waals surface area contributed by atoms with E-state index in [9.17, 15) is 10.2 Å². The first-order valence-electron chi connectivity index (χ1n) is 5.09. The molecule has 6 heteroatoms. The van der Waals surface area contributed by atoms with Crippen molar-refractivity contribution < 1.29 is 15.3 Å². The molecule has 94 valence electrons. The molecule has 0 spiro atoms. The van der Waals surface area contributed by atoms with Gasteiger partial charge in [-0.25, -0.2) is 5.43 Å². The van der Waals surface area contributed by atoms with Crippen LogP contribution in [0.5, 0.6) is 17.2 Å². The Labute approximate surface area is 99.4 Å². The van der Waals surface area contributed by atoms with Gasteiger partial charge in [-0.2, -0.15) is 0 Å². The van der Waals surface area contributed by atoms with E-state index in [2.05, 4.69) is 17.4 Å². The molecule has 0 bridgehead atoms. The van der Waals surface area contributed by atoms with Crippen LogP contribution in [-0.2, 0) is 6.54 Å². The minimum atomic E-state index is -0.532. The summed E-state index contributed by atoms with van der Waals surface area (Å²) in [5, 5.41) is 28.0. The summed E-state index contributed by atoms with van der Waals surface area (Å²) in [6.45, 7) is 5.71. The van der Waals surface area contributed by atoms with Crippen LogP contribution in [0, 0.1) is 0 Å². The highest BCUT2D eigenvalue weighted by Gasteiger charge is 2.10. The third kappa shape index (κ3) is 3.27. The van der Waals surface area contributed by atoms with Gasteiger partial charge in [0.25, 0.3) is 0 Å². The Balaban J connectivity index is 2.59. The van der Waals surface area contributed by atoms with Crippen LogP contribution in [0.15, 0.2) is 24.4 Å². The van der Waals surface area contributed by atoms with Gasteiger partial charge >= 0.3 is 0 Å². The van der Waals surface area contributed by atoms with Crippen LogP contribution < -0.4 is 16.6 Å². The van der Waals surface area contributed by atoms with Crippen molar-refractivity contribution in [3.63, 3.8) is 0 Å². The Kier molecular flexibility index (Phi) is 4.19. The molecule has 0 radical (unpaired) electrons. The number of aromatic hydroxyl groups is 3. The third-order valence-corrected chi connectivity index (χ3v) is 2.29. The van der Waals surface area contributed by atoms with Crippen molar-refractivity contribution >= 4 is 0 Å². The third-order valence-electron chi connectivity index (χ3n) is 2.29. The molecule has 1 rings (SSSR count). The summed E-state index contributed by atoms with van der Waals surface area (Å²) in [5.74, 6) is -1.25. The molecule has 6 nitrogen and oxygen atoms in total. The van der Waals surface area contributed by atoms with E-state index in [-0.39, 0.29) is 24.1 Å². The molecular formula is C11H17N3O3. The van der Waals surface area contributed by atoms with Crippen molar-refractivity contribution in [1.82, 2.24) is 10.9 Å². The summed E-state index contributed by atoms with van der Waals surface area (Å²) in [4.78, 5) is 0. The van der Waals surface area contributed by atoms with Crippen LogP contribution in [0.1, 0.15) is 12.5 Å². The minimum absolute atomic E-state index is 0.204. The zero-order valence-corrected chi connectivity index (χ0v) is 9.57. The van der Waals surface area contributed by atoms with Gasteiger partial charge in [-0.3, -0.25) is 0 Å². The number of hydrazine groups is 1. The second-order valence-electron chi connectivity index (χ2n) is 3.73. The molecule has 1 atom stereocenters. The molecule has 0 saturated heterocycles. The van der Waals surface area contributed by atoms with E-state index in [0.29, 0.717) is 11.3 Å². The van der Waals surface area contributed by atoms with Gasteiger partial charge in [0.15, 0.2) is 11.5 Å². The second kappa shape index (κ2) is 5.42. The smallest absolute Gasteiger partial charge is 0.200 e. The topological polar surface area (TPSA) is 111 Å². The lowest BCUT2D eigenvalue weighted by Gasteiger charge is -2.14. The van der Waals surface area contributed by atoms with Gasteiger partial charge in [0.2, 0.25) is 5.75 Å². The standard InChI is InChI=1S/C11H17N3O3/c1-6(12)7(2)14-13-5-8-3-4-9(15)11(17)10(8)16/h3-4,6,13-17H,2,5,12H2,1H3. The number of hydrogen-bond acceptors (Lipinski definition) is 6. The Bertz CT molecular complexity index is 419. The summed E-state index contributed by atoms with van der Waals surface area (Å²) in [6.07, 6.45) is 0. The van der Waals surface area contributed by atoms with Gasteiger partial charge in [0.1, 0.15) is 0 Å². The molecule has 0 saturated carbocycles. The Morgan fingerprint density at radius 2 is 2.00 bits per heavy atom. The molecule has 0 amide bonds. The second-order valence-corrected chi connectivity index (χ2v) is 3.73. The molecular weight excluding hydrogens is 222 g/mol. The molecule has 0 aromatic heterocycles. The Morgan fingerprint density at radius 3 is 2.59 bits per heavy atom. The number of nitrogens with one attached hydrogen (secondary N) is 2. The van der Waals surface area contributed by atoms with Crippen LogP contribution in [-0.4, -0.2) is 21.4 Å². The van der Waals surface area contributed by atoms with Crippen molar-refractivity contribution in [3.05, 3.63) is 30.0 Å². The average Bonchev–Trinajstić information content (AvgIpc) is 2.28. The van der Waals surface area contributed by atoms with Crippen molar-refractivity contribution in [2.24, 2.45) is 5.73 Å². The predicted octanol–water partition coefficient (Wildman–Crippen LogP) is 0.259. The summed E-state index contributed by atoms with van der Waals surface area (Å²) in [5.41, 5.74) is 12.2. The molecule has 0 fully saturated rings. The van der Waals surface area contributed by atoms with Gasteiger partial charge in [-0.15, -0.1) is 0 Å². The number of hydrogen-bond donors (Lipinski definition) is 6. The van der Waals surface area contributed by atoms with E-state index in [1.165, 1.54) is 12.1 Å². The normalized spacial score (nSPS) is 12.1. The monoisotopic (exact) mass is 239 g/mol. The molecule has 1 aromatic carbocycles. The predicted molar refractivity (Wildman–Crippen MR) is 64.2 cm³/mol. The summed E-state index contributed by atoms with van der Waals surface area (Å²) >= 11 is 0. The molecule has 0 aliphatic rings. The molecule has 0 aliphatic carbocycles. The Morgan fingerprint density at radius 1 is 1.35 bits per heavy atom. The van der Waals surface area contributed by atoms with Gasteiger partial charge in [0.05, 0.1) is 0 Å². The van der Waals surface area contributed by atoms with E-state index in [4.69, 9.17) is 10.8 Å². The van der Waals surface area contributed by atoms with Crippen LogP contribution in [0.3, 0.4) is 0 Å². The number of nitrogens with two attached hydrogens (primary N) is 1. The number of rotatable bonds is 5. The van der Waals surface area contributed by atoms with Gasteiger partial charge < -0.3 is 26.5 Å².